The Morgan fingerprint density at radius 1 is 1.50 bits per heavy atom. The van der Waals surface area contributed by atoms with Crippen LogP contribution in [0.15, 0.2) is 30.2 Å². The number of hydrogen-bond donors (Lipinski definition) is 2. The van der Waals surface area contributed by atoms with Crippen molar-refractivity contribution in [3.05, 3.63) is 35.8 Å². The van der Waals surface area contributed by atoms with Crippen molar-refractivity contribution in [1.29, 1.82) is 0 Å². The first-order valence-corrected chi connectivity index (χ1v) is 2.56. The molecule has 1 aromatic carbocycles. The summed E-state index contributed by atoms with van der Waals surface area (Å²) in [5.41, 5.74) is -0.663. The molecular weight excluding hydrogens is 128 g/mol. The lowest BCUT2D eigenvalue weighted by Gasteiger charge is -2.05. The summed E-state index contributed by atoms with van der Waals surface area (Å²) in [5.74, 6) is 0. The lowest BCUT2D eigenvalue weighted by molar-refractivity contribution is 0.0956. The highest BCUT2D eigenvalue weighted by Gasteiger charge is 2.02. The molecule has 2 nitrogen and oxygen atoms in total. The maximum absolute atomic E-state index is 9.47. The molecule has 0 aromatic heterocycles. The third-order valence-electron chi connectivity index (χ3n) is 0.915. The van der Waals surface area contributed by atoms with Crippen LogP contribution in [0.4, 0.5) is 0 Å². The molecule has 0 amide bonds. The van der Waals surface area contributed by atoms with Crippen LogP contribution in [-0.2, 0) is 0 Å². The highest BCUT2D eigenvalue weighted by atomic mass is 16.3. The zero-order valence-corrected chi connectivity index (χ0v) is 4.97. The van der Waals surface area contributed by atoms with Gasteiger partial charge < -0.3 is 10.2 Å². The molecule has 0 saturated heterocycles. The van der Waals surface area contributed by atoms with Crippen molar-refractivity contribution in [1.82, 2.24) is 0 Å². The van der Waals surface area contributed by atoms with E-state index in [2.05, 4.69) is 0 Å². The SMILES string of the molecule is [2H]c1c([2H])c([2H])c(C(O)C([2H])([2H])O)c([2H])c1[2H]. The second-order valence-electron chi connectivity index (χ2n) is 1.57. The Morgan fingerprint density at radius 2 is 2.10 bits per heavy atom. The lowest BCUT2D eigenvalue weighted by Crippen LogP contribution is -2.01. The summed E-state index contributed by atoms with van der Waals surface area (Å²) in [6.45, 7) is -3.09. The molecule has 1 unspecified atom stereocenters. The molecular formula is C8H10O2. The van der Waals surface area contributed by atoms with Gasteiger partial charge in [-0.3, -0.25) is 0 Å². The summed E-state index contributed by atoms with van der Waals surface area (Å²) in [5, 5.41) is 18.5. The monoisotopic (exact) mass is 145 g/mol. The van der Waals surface area contributed by atoms with Gasteiger partial charge in [-0.05, 0) is 5.56 Å². The molecule has 0 radical (unpaired) electrons. The van der Waals surface area contributed by atoms with Gasteiger partial charge in [0.25, 0.3) is 0 Å². The average Bonchev–Trinajstić information content (AvgIpc) is 2.22. The van der Waals surface area contributed by atoms with E-state index < -0.39 is 48.4 Å². The predicted octanol–water partition coefficient (Wildman–Crippen LogP) is 0.712. The van der Waals surface area contributed by atoms with Gasteiger partial charge in [0, 0.05) is 0 Å². The van der Waals surface area contributed by atoms with Crippen LogP contribution in [0.25, 0.3) is 0 Å². The summed E-state index contributed by atoms with van der Waals surface area (Å²) in [4.78, 5) is 0. The quantitative estimate of drug-likeness (QED) is 0.643. The van der Waals surface area contributed by atoms with Crippen molar-refractivity contribution in [2.75, 3.05) is 6.56 Å². The predicted molar refractivity (Wildman–Crippen MR) is 38.5 cm³/mol. The first-order chi connectivity index (χ1) is 7.59. The molecule has 0 aliphatic heterocycles. The maximum Gasteiger partial charge on any atom is 0.102 e. The van der Waals surface area contributed by atoms with Crippen molar-refractivity contribution in [3.8, 4) is 0 Å². The molecule has 1 rings (SSSR count). The van der Waals surface area contributed by atoms with Crippen molar-refractivity contribution < 1.29 is 19.8 Å². The van der Waals surface area contributed by atoms with E-state index in [4.69, 9.17) is 14.7 Å². The zero-order chi connectivity index (χ0) is 13.5. The van der Waals surface area contributed by atoms with Gasteiger partial charge in [-0.1, -0.05) is 30.2 Å². The molecule has 1 atom stereocenters. The lowest BCUT2D eigenvalue weighted by atomic mass is 10.1. The van der Waals surface area contributed by atoms with E-state index in [-0.39, 0.29) is 0 Å². The van der Waals surface area contributed by atoms with Crippen LogP contribution in [0.2, 0.25) is 0 Å². The number of aliphatic hydroxyl groups is 2. The Bertz CT molecular complexity index is 425. The number of benzene rings is 1. The Balaban J connectivity index is 3.55. The maximum atomic E-state index is 9.47. The summed E-state index contributed by atoms with van der Waals surface area (Å²) < 4.78 is 50.6. The van der Waals surface area contributed by atoms with Crippen LogP contribution in [-0.4, -0.2) is 16.8 Å². The van der Waals surface area contributed by atoms with E-state index in [1.807, 2.05) is 0 Å². The fourth-order valence-electron chi connectivity index (χ4n) is 0.461. The second-order valence-corrected chi connectivity index (χ2v) is 1.57. The second kappa shape index (κ2) is 3.34. The van der Waals surface area contributed by atoms with Gasteiger partial charge in [0.15, 0.2) is 0 Å². The Morgan fingerprint density at radius 3 is 2.60 bits per heavy atom. The first kappa shape index (κ1) is 2.32. The molecule has 0 fully saturated rings. The minimum absolute atomic E-state index is 0.644. The van der Waals surface area contributed by atoms with Crippen LogP contribution in [0.3, 0.4) is 0 Å². The summed E-state index contributed by atoms with van der Waals surface area (Å²) >= 11 is 0. The van der Waals surface area contributed by atoms with Gasteiger partial charge in [-0.15, -0.1) is 0 Å². The number of aliphatic hydroxyl groups excluding tert-OH is 1. The fraction of sp³-hybridized carbons (Fsp3) is 0.250. The minimum atomic E-state index is -3.09. The third-order valence-corrected chi connectivity index (χ3v) is 0.915. The molecule has 0 heterocycles. The summed E-state index contributed by atoms with van der Waals surface area (Å²) in [6.07, 6.45) is -2.21. The van der Waals surface area contributed by atoms with Crippen molar-refractivity contribution in [2.45, 2.75) is 6.10 Å². The van der Waals surface area contributed by atoms with Crippen LogP contribution >= 0.6 is 0 Å². The minimum Gasteiger partial charge on any atom is -0.393 e. The Hall–Kier alpha value is -0.860. The highest BCUT2D eigenvalue weighted by molar-refractivity contribution is 5.16. The van der Waals surface area contributed by atoms with Gasteiger partial charge >= 0.3 is 0 Å². The van der Waals surface area contributed by atoms with E-state index >= 15 is 0 Å². The van der Waals surface area contributed by atoms with Gasteiger partial charge in [-0.25, -0.2) is 0 Å². The Labute approximate surface area is 69.6 Å². The molecule has 10 heavy (non-hydrogen) atoms. The van der Waals surface area contributed by atoms with Gasteiger partial charge in [0.1, 0.15) is 6.10 Å². The molecule has 2 heteroatoms. The smallest absolute Gasteiger partial charge is 0.102 e. The molecule has 0 bridgehead atoms. The normalized spacial score (nSPS) is 24.4. The van der Waals surface area contributed by atoms with E-state index in [0.717, 1.165) is 0 Å². The number of hydrogen-bond acceptors (Lipinski definition) is 2. The standard InChI is InChI=1S/C8H10O2/c9-6-8(10)7-4-2-1-3-5-7/h1-5,8-10H,6H2/i1D,2D,3D,4D,5D,6D2. The average molecular weight is 145 g/mol. The fourth-order valence-corrected chi connectivity index (χ4v) is 0.461. The molecule has 0 aliphatic rings. The van der Waals surface area contributed by atoms with Crippen LogP contribution in [0.1, 0.15) is 21.3 Å². The largest absolute Gasteiger partial charge is 0.393 e. The van der Waals surface area contributed by atoms with Crippen LogP contribution in [0.5, 0.6) is 0 Å². The van der Waals surface area contributed by atoms with E-state index in [1.54, 1.807) is 0 Å². The first-order valence-electron chi connectivity index (χ1n) is 6.06. The van der Waals surface area contributed by atoms with Gasteiger partial charge in [-0.2, -0.15) is 0 Å². The van der Waals surface area contributed by atoms with E-state index in [1.165, 1.54) is 0 Å². The van der Waals surface area contributed by atoms with Crippen LogP contribution in [0, 0.1) is 0 Å². The van der Waals surface area contributed by atoms with Crippen molar-refractivity contribution >= 4 is 0 Å². The summed E-state index contributed by atoms with van der Waals surface area (Å²) in [7, 11) is 0. The molecule has 1 aromatic rings. The van der Waals surface area contributed by atoms with Gasteiger partial charge in [0.2, 0.25) is 0 Å². The van der Waals surface area contributed by atoms with Gasteiger partial charge in [0.05, 0.1) is 16.2 Å². The third kappa shape index (κ3) is 1.56. The number of rotatable bonds is 2. The molecule has 0 spiro atoms. The van der Waals surface area contributed by atoms with E-state index in [9.17, 15) is 5.11 Å². The van der Waals surface area contributed by atoms with Crippen molar-refractivity contribution in [3.63, 3.8) is 0 Å². The van der Waals surface area contributed by atoms with Crippen LogP contribution < -0.4 is 0 Å². The Kier molecular flexibility index (Phi) is 0.777. The molecule has 54 valence electrons. The van der Waals surface area contributed by atoms with Crippen molar-refractivity contribution in [2.24, 2.45) is 0 Å². The topological polar surface area (TPSA) is 40.5 Å². The molecule has 0 aliphatic carbocycles. The zero-order valence-electron chi connectivity index (χ0n) is 12.0. The summed E-state index contributed by atoms with van der Waals surface area (Å²) in [6, 6.07) is -3.49. The molecule has 0 saturated carbocycles. The highest BCUT2D eigenvalue weighted by Crippen LogP contribution is 2.09. The van der Waals surface area contributed by atoms with E-state index in [0.29, 0.717) is 0 Å². The molecule has 2 N–H and O–H groups in total.